The van der Waals surface area contributed by atoms with Crippen LogP contribution >= 0.6 is 7.75 Å². The van der Waals surface area contributed by atoms with E-state index in [1.54, 1.807) is 27.7 Å². The molecule has 0 bridgehead atoms. The van der Waals surface area contributed by atoms with Crippen molar-refractivity contribution >= 4 is 13.7 Å². The number of rotatable bonds is 8. The Balaban J connectivity index is 4.97. The Labute approximate surface area is 107 Å². The molecule has 0 heterocycles. The lowest BCUT2D eigenvalue weighted by molar-refractivity contribution is -0.141. The normalized spacial score (nSPS) is 16.0. The van der Waals surface area contributed by atoms with E-state index in [-0.39, 0.29) is 0 Å². The molecule has 8 heteroatoms. The molecule has 0 aromatic heterocycles. The van der Waals surface area contributed by atoms with E-state index in [0.717, 1.165) is 0 Å². The topological polar surface area (TPSA) is 105 Å². The van der Waals surface area contributed by atoms with Gasteiger partial charge in [-0.25, -0.2) is 9.65 Å². The van der Waals surface area contributed by atoms with Gasteiger partial charge in [0.15, 0.2) is 0 Å². The monoisotopic (exact) mass is 283 g/mol. The highest BCUT2D eigenvalue weighted by Crippen LogP contribution is 2.46. The standard InChI is InChI=1S/C10H22NO6P/c1-6(2)16-18(15,17-7(3)4)11-9(8(5)12)10(13)14/h6-9,12H,1-5H3,(H,11,15)(H,13,14)/t8-,9-/m0/s1. The number of carboxylic acid groups (broad SMARTS) is 1. The summed E-state index contributed by atoms with van der Waals surface area (Å²) in [4.78, 5) is 10.9. The van der Waals surface area contributed by atoms with Gasteiger partial charge in [0.1, 0.15) is 6.04 Å². The molecule has 0 aliphatic heterocycles. The molecule has 108 valence electrons. The Kier molecular flexibility index (Phi) is 7.02. The third-order valence-electron chi connectivity index (χ3n) is 1.74. The highest BCUT2D eigenvalue weighted by atomic mass is 31.2. The predicted octanol–water partition coefficient (Wildman–Crippen LogP) is 1.37. The first kappa shape index (κ1) is 17.5. The van der Waals surface area contributed by atoms with Gasteiger partial charge in [0.05, 0.1) is 18.3 Å². The van der Waals surface area contributed by atoms with Gasteiger partial charge in [0, 0.05) is 0 Å². The molecular weight excluding hydrogens is 261 g/mol. The van der Waals surface area contributed by atoms with Crippen LogP contribution in [0.2, 0.25) is 0 Å². The summed E-state index contributed by atoms with van der Waals surface area (Å²) < 4.78 is 22.6. The maximum atomic E-state index is 12.3. The van der Waals surface area contributed by atoms with Crippen molar-refractivity contribution in [3.63, 3.8) is 0 Å². The van der Waals surface area contributed by atoms with Gasteiger partial charge in [-0.15, -0.1) is 0 Å². The molecule has 0 spiro atoms. The van der Waals surface area contributed by atoms with Crippen LogP contribution in [0.4, 0.5) is 0 Å². The highest BCUT2D eigenvalue weighted by molar-refractivity contribution is 7.51. The SMILES string of the molecule is CC(C)OP(=O)(N[C@H](C(=O)O)[C@H](C)O)OC(C)C. The minimum atomic E-state index is -3.79. The first-order valence-electron chi connectivity index (χ1n) is 5.73. The summed E-state index contributed by atoms with van der Waals surface area (Å²) in [7, 11) is -3.79. The average molecular weight is 283 g/mol. The lowest BCUT2D eigenvalue weighted by Gasteiger charge is -2.27. The summed E-state index contributed by atoms with van der Waals surface area (Å²) in [5, 5.41) is 20.5. The van der Waals surface area contributed by atoms with Crippen LogP contribution in [0, 0.1) is 0 Å². The summed E-state index contributed by atoms with van der Waals surface area (Å²) >= 11 is 0. The highest BCUT2D eigenvalue weighted by Gasteiger charge is 2.36. The van der Waals surface area contributed by atoms with Crippen LogP contribution in [-0.4, -0.2) is 40.5 Å². The quantitative estimate of drug-likeness (QED) is 0.578. The molecule has 0 saturated heterocycles. The fourth-order valence-corrected chi connectivity index (χ4v) is 3.13. The molecule has 0 radical (unpaired) electrons. The number of aliphatic hydroxyl groups excluding tert-OH is 1. The molecular formula is C10H22NO6P. The number of hydrogen-bond acceptors (Lipinski definition) is 5. The Bertz CT molecular complexity index is 303. The van der Waals surface area contributed by atoms with E-state index in [2.05, 4.69) is 5.09 Å². The minimum Gasteiger partial charge on any atom is -0.480 e. The zero-order valence-electron chi connectivity index (χ0n) is 11.3. The molecule has 0 fully saturated rings. The number of nitrogens with one attached hydrogen (secondary N) is 1. The van der Waals surface area contributed by atoms with E-state index in [0.29, 0.717) is 0 Å². The number of hydrogen-bond donors (Lipinski definition) is 3. The number of aliphatic carboxylic acids is 1. The first-order valence-corrected chi connectivity index (χ1v) is 7.27. The molecule has 0 aliphatic carbocycles. The van der Waals surface area contributed by atoms with Gasteiger partial charge in [-0.1, -0.05) is 0 Å². The van der Waals surface area contributed by atoms with Crippen molar-refractivity contribution in [3.05, 3.63) is 0 Å². The van der Waals surface area contributed by atoms with E-state index >= 15 is 0 Å². The molecule has 0 saturated carbocycles. The number of aliphatic hydroxyl groups is 1. The zero-order valence-corrected chi connectivity index (χ0v) is 12.2. The molecule has 0 unspecified atom stereocenters. The summed E-state index contributed by atoms with van der Waals surface area (Å²) in [6.45, 7) is 7.87. The maximum Gasteiger partial charge on any atom is 0.406 e. The Morgan fingerprint density at radius 1 is 1.11 bits per heavy atom. The van der Waals surface area contributed by atoms with E-state index < -0.39 is 38.1 Å². The maximum absolute atomic E-state index is 12.3. The van der Waals surface area contributed by atoms with Gasteiger partial charge in [0.2, 0.25) is 0 Å². The lowest BCUT2D eigenvalue weighted by atomic mass is 10.2. The molecule has 2 atom stereocenters. The van der Waals surface area contributed by atoms with Crippen LogP contribution in [0.5, 0.6) is 0 Å². The van der Waals surface area contributed by atoms with Crippen molar-refractivity contribution in [1.29, 1.82) is 0 Å². The van der Waals surface area contributed by atoms with Crippen LogP contribution in [-0.2, 0) is 18.4 Å². The van der Waals surface area contributed by atoms with E-state index in [1.165, 1.54) is 6.92 Å². The Morgan fingerprint density at radius 2 is 1.50 bits per heavy atom. The lowest BCUT2D eigenvalue weighted by Crippen LogP contribution is -2.44. The average Bonchev–Trinajstić information content (AvgIpc) is 2.10. The predicted molar refractivity (Wildman–Crippen MR) is 66.3 cm³/mol. The third-order valence-corrected chi connectivity index (χ3v) is 3.74. The molecule has 3 N–H and O–H groups in total. The molecule has 7 nitrogen and oxygen atoms in total. The molecule has 0 amide bonds. The Hall–Kier alpha value is -0.460. The van der Waals surface area contributed by atoms with Gasteiger partial charge < -0.3 is 10.2 Å². The van der Waals surface area contributed by atoms with Gasteiger partial charge in [-0.2, -0.15) is 0 Å². The fourth-order valence-electron chi connectivity index (χ4n) is 1.18. The number of carboxylic acids is 1. The summed E-state index contributed by atoms with van der Waals surface area (Å²) in [6, 6.07) is -1.42. The van der Waals surface area contributed by atoms with Crippen molar-refractivity contribution < 1.29 is 28.6 Å². The molecule has 0 aromatic rings. The second-order valence-corrected chi connectivity index (χ2v) is 6.17. The van der Waals surface area contributed by atoms with Crippen LogP contribution in [0.15, 0.2) is 0 Å². The molecule has 0 aromatic carbocycles. The van der Waals surface area contributed by atoms with Crippen molar-refractivity contribution in [2.24, 2.45) is 0 Å². The second-order valence-electron chi connectivity index (χ2n) is 4.49. The minimum absolute atomic E-state index is 0.412. The van der Waals surface area contributed by atoms with Crippen LogP contribution in [0.3, 0.4) is 0 Å². The van der Waals surface area contributed by atoms with Crippen LogP contribution < -0.4 is 5.09 Å². The fraction of sp³-hybridized carbons (Fsp3) is 0.900. The molecule has 0 rings (SSSR count). The smallest absolute Gasteiger partial charge is 0.406 e. The summed E-state index contributed by atoms with van der Waals surface area (Å²) in [5.41, 5.74) is 0. The van der Waals surface area contributed by atoms with E-state index in [4.69, 9.17) is 14.2 Å². The molecule has 18 heavy (non-hydrogen) atoms. The zero-order chi connectivity index (χ0) is 14.5. The Morgan fingerprint density at radius 3 is 1.72 bits per heavy atom. The van der Waals surface area contributed by atoms with Crippen molar-refractivity contribution in [1.82, 2.24) is 5.09 Å². The second kappa shape index (κ2) is 7.21. The van der Waals surface area contributed by atoms with Crippen molar-refractivity contribution in [2.45, 2.75) is 59.0 Å². The number of carbonyl (C=O) groups is 1. The van der Waals surface area contributed by atoms with Crippen molar-refractivity contribution in [2.75, 3.05) is 0 Å². The van der Waals surface area contributed by atoms with Gasteiger partial charge >= 0.3 is 13.7 Å². The van der Waals surface area contributed by atoms with E-state index in [1.807, 2.05) is 0 Å². The van der Waals surface area contributed by atoms with Crippen LogP contribution in [0.25, 0.3) is 0 Å². The first-order chi connectivity index (χ1) is 8.07. The van der Waals surface area contributed by atoms with Crippen LogP contribution in [0.1, 0.15) is 34.6 Å². The van der Waals surface area contributed by atoms with E-state index in [9.17, 15) is 14.5 Å². The van der Waals surface area contributed by atoms with Gasteiger partial charge in [-0.3, -0.25) is 13.8 Å². The molecule has 0 aliphatic rings. The summed E-state index contributed by atoms with van der Waals surface area (Å²) in [5.74, 6) is -1.33. The largest absolute Gasteiger partial charge is 0.480 e. The van der Waals surface area contributed by atoms with Gasteiger partial charge in [-0.05, 0) is 34.6 Å². The summed E-state index contributed by atoms with van der Waals surface area (Å²) in [6.07, 6.45) is -2.06. The van der Waals surface area contributed by atoms with Crippen molar-refractivity contribution in [3.8, 4) is 0 Å². The van der Waals surface area contributed by atoms with Gasteiger partial charge in [0.25, 0.3) is 0 Å². The third kappa shape index (κ3) is 6.47.